The zero-order chi connectivity index (χ0) is 21.7. The Labute approximate surface area is 182 Å². The zero-order valence-electron chi connectivity index (χ0n) is 15.7. The minimum absolute atomic E-state index is 0.102. The number of terminal acetylenes is 1. The maximum Gasteiger partial charge on any atom is 0.157 e. The molecule has 1 aromatic carbocycles. The number of aromatic hydroxyl groups is 2. The number of thioether (sulfide) groups is 1. The highest BCUT2D eigenvalue weighted by atomic mass is 32.2. The van der Waals surface area contributed by atoms with E-state index in [1.807, 2.05) is 0 Å². The molecule has 0 radical (unpaired) electrons. The van der Waals surface area contributed by atoms with Gasteiger partial charge in [0.2, 0.25) is 0 Å². The van der Waals surface area contributed by atoms with Crippen LogP contribution in [-0.4, -0.2) is 16.0 Å². The van der Waals surface area contributed by atoms with Gasteiger partial charge in [-0.2, -0.15) is 0 Å². The lowest BCUT2D eigenvalue weighted by molar-refractivity contribution is 0.403. The average Bonchev–Trinajstić information content (AvgIpc) is 2.74. The van der Waals surface area contributed by atoms with Gasteiger partial charge in [0.05, 0.1) is 0 Å². The van der Waals surface area contributed by atoms with Crippen LogP contribution in [0.5, 0.6) is 11.5 Å². The van der Waals surface area contributed by atoms with Crippen molar-refractivity contribution in [2.75, 3.05) is 5.75 Å². The van der Waals surface area contributed by atoms with Crippen molar-refractivity contribution >= 4 is 11.8 Å². The predicted octanol–water partition coefficient (Wildman–Crippen LogP) is 2.38. The van der Waals surface area contributed by atoms with Crippen molar-refractivity contribution in [2.24, 2.45) is 0 Å². The molecule has 1 aromatic rings. The molecule has 0 spiro atoms. The first-order valence-electron chi connectivity index (χ1n) is 8.32. The Balaban J connectivity index is 2.27. The first-order valence-corrected chi connectivity index (χ1v) is 9.31. The van der Waals surface area contributed by atoms with Gasteiger partial charge in [0.1, 0.15) is 0 Å². The lowest BCUT2D eigenvalue weighted by Gasteiger charge is -2.02. The molecule has 0 fully saturated rings. The smallest absolute Gasteiger partial charge is 0.157 e. The fraction of sp³-hybridized carbons (Fsp3) is 0.111. The van der Waals surface area contributed by atoms with E-state index >= 15 is 0 Å². The first-order chi connectivity index (χ1) is 14.7. The topological polar surface area (TPSA) is 40.5 Å². The van der Waals surface area contributed by atoms with Gasteiger partial charge < -0.3 is 10.2 Å². The third kappa shape index (κ3) is 12.5. The fourth-order valence-corrected chi connectivity index (χ4v) is 2.14. The molecule has 2 nitrogen and oxygen atoms in total. The molecule has 0 saturated heterocycles. The van der Waals surface area contributed by atoms with E-state index < -0.39 is 0 Å². The molecule has 3 heteroatoms. The summed E-state index contributed by atoms with van der Waals surface area (Å²) in [6.07, 6.45) is 6.61. The third-order valence-corrected chi connectivity index (χ3v) is 3.56. The Morgan fingerprint density at radius 2 is 1.17 bits per heavy atom. The lowest BCUT2D eigenvalue weighted by Crippen LogP contribution is -1.87. The SMILES string of the molecule is C#CC#CC#CC#CC#CC#CC#CC#CC#CSCCCc1ccc(O)c(O)c1. The molecule has 1 rings (SSSR count). The Bertz CT molecular complexity index is 1310. The number of phenols is 2. The number of hydrogen-bond donors (Lipinski definition) is 2. The van der Waals surface area contributed by atoms with Crippen LogP contribution < -0.4 is 0 Å². The second-order valence-electron chi connectivity index (χ2n) is 4.90. The molecule has 0 aliphatic carbocycles. The predicted molar refractivity (Wildman–Crippen MR) is 122 cm³/mol. The van der Waals surface area contributed by atoms with Crippen molar-refractivity contribution in [2.45, 2.75) is 12.8 Å². The summed E-state index contributed by atoms with van der Waals surface area (Å²) in [4.78, 5) is 0. The third-order valence-electron chi connectivity index (χ3n) is 2.82. The minimum Gasteiger partial charge on any atom is -0.504 e. The van der Waals surface area contributed by atoms with Gasteiger partial charge >= 0.3 is 0 Å². The Morgan fingerprint density at radius 3 is 1.67 bits per heavy atom. The summed E-state index contributed by atoms with van der Waals surface area (Å²) < 4.78 is 0. The van der Waals surface area contributed by atoms with E-state index in [1.165, 1.54) is 17.8 Å². The highest BCUT2D eigenvalue weighted by Crippen LogP contribution is 2.25. The standard InChI is InChI=1S/C27H12O2S/c1-2-3-4-5-6-7-8-9-10-11-12-13-14-15-16-17-22-30-23-18-19-25-20-21-26(28)27(29)24-25/h1,20-21,24,28-29H,18-19,23H2. The second kappa shape index (κ2) is 16.4. The van der Waals surface area contributed by atoms with Crippen molar-refractivity contribution in [3.63, 3.8) is 0 Å². The van der Waals surface area contributed by atoms with Crippen LogP contribution in [0.1, 0.15) is 12.0 Å². The quantitative estimate of drug-likeness (QED) is 0.463. The Morgan fingerprint density at radius 1 is 0.667 bits per heavy atom. The van der Waals surface area contributed by atoms with Gasteiger partial charge in [0.25, 0.3) is 0 Å². The molecule has 0 aliphatic heterocycles. The van der Waals surface area contributed by atoms with Crippen molar-refractivity contribution in [1.82, 2.24) is 0 Å². The molecule has 0 bridgehead atoms. The molecule has 0 atom stereocenters. The molecular weight excluding hydrogens is 388 g/mol. The van der Waals surface area contributed by atoms with E-state index in [4.69, 9.17) is 6.42 Å². The normalized spacial score (nSPS) is 6.63. The van der Waals surface area contributed by atoms with Gasteiger partial charge in [-0.3, -0.25) is 0 Å². The summed E-state index contributed by atoms with van der Waals surface area (Å²) in [6, 6.07) is 4.83. The van der Waals surface area contributed by atoms with Crippen LogP contribution in [0.15, 0.2) is 18.2 Å². The highest BCUT2D eigenvalue weighted by Gasteiger charge is 2.00. The van der Waals surface area contributed by atoms with Crippen LogP contribution in [0, 0.1) is 106 Å². The summed E-state index contributed by atoms with van der Waals surface area (Å²) in [7, 11) is 0. The molecule has 0 saturated carbocycles. The molecule has 138 valence electrons. The van der Waals surface area contributed by atoms with Crippen LogP contribution in [0.3, 0.4) is 0 Å². The molecule has 0 unspecified atom stereocenters. The maximum absolute atomic E-state index is 9.43. The van der Waals surface area contributed by atoms with E-state index in [0.717, 1.165) is 24.2 Å². The van der Waals surface area contributed by atoms with Gasteiger partial charge in [-0.15, -0.1) is 6.42 Å². The van der Waals surface area contributed by atoms with E-state index in [2.05, 4.69) is 100.0 Å². The van der Waals surface area contributed by atoms with Crippen LogP contribution in [0.4, 0.5) is 0 Å². The number of aryl methyl sites for hydroxylation is 1. The van der Waals surface area contributed by atoms with E-state index in [1.54, 1.807) is 12.1 Å². The molecule has 0 heterocycles. The summed E-state index contributed by atoms with van der Waals surface area (Å²) in [5, 5.41) is 21.6. The second-order valence-corrected chi connectivity index (χ2v) is 5.80. The van der Waals surface area contributed by atoms with Gasteiger partial charge in [-0.1, -0.05) is 17.8 Å². The monoisotopic (exact) mass is 400 g/mol. The van der Waals surface area contributed by atoms with Gasteiger partial charge in [-0.25, -0.2) is 0 Å². The summed E-state index contributed by atoms with van der Waals surface area (Å²) in [5.74, 6) is 40.4. The Hall–Kier alpha value is -4.79. The first kappa shape index (κ1) is 23.2. The summed E-state index contributed by atoms with van der Waals surface area (Å²) >= 11 is 1.46. The average molecular weight is 400 g/mol. The van der Waals surface area contributed by atoms with Crippen LogP contribution in [0.2, 0.25) is 0 Å². The number of rotatable bonds is 4. The van der Waals surface area contributed by atoms with Crippen molar-refractivity contribution < 1.29 is 10.2 Å². The van der Waals surface area contributed by atoms with Gasteiger partial charge in [-0.05, 0) is 131 Å². The summed E-state index contributed by atoms with van der Waals surface area (Å²) in [5.41, 5.74) is 0.964. The van der Waals surface area contributed by atoms with E-state index in [9.17, 15) is 10.2 Å². The van der Waals surface area contributed by atoms with Gasteiger partial charge in [0, 0.05) is 5.75 Å². The van der Waals surface area contributed by atoms with Crippen LogP contribution >= 0.6 is 11.8 Å². The summed E-state index contributed by atoms with van der Waals surface area (Å²) in [6.45, 7) is 0. The number of phenolic OH excluding ortho intramolecular Hbond substituents is 2. The van der Waals surface area contributed by atoms with E-state index in [0.29, 0.717) is 0 Å². The number of benzene rings is 1. The lowest BCUT2D eigenvalue weighted by atomic mass is 10.1. The molecule has 2 N–H and O–H groups in total. The van der Waals surface area contributed by atoms with Gasteiger partial charge in [0.15, 0.2) is 11.5 Å². The van der Waals surface area contributed by atoms with E-state index in [-0.39, 0.29) is 11.5 Å². The fourth-order valence-electron chi connectivity index (χ4n) is 1.63. The molecular formula is C27H12O2S. The minimum atomic E-state index is -0.112. The molecule has 0 amide bonds. The molecule has 30 heavy (non-hydrogen) atoms. The molecule has 0 aromatic heterocycles. The maximum atomic E-state index is 9.43. The van der Waals surface area contributed by atoms with Crippen molar-refractivity contribution in [1.29, 1.82) is 0 Å². The zero-order valence-corrected chi connectivity index (χ0v) is 16.5. The molecule has 0 aliphatic rings. The van der Waals surface area contributed by atoms with Crippen molar-refractivity contribution in [3.8, 4) is 118 Å². The van der Waals surface area contributed by atoms with Crippen molar-refractivity contribution in [3.05, 3.63) is 23.8 Å². The Kier molecular flexibility index (Phi) is 12.7. The number of hydrogen-bond acceptors (Lipinski definition) is 3. The largest absolute Gasteiger partial charge is 0.504 e. The van der Waals surface area contributed by atoms with Crippen LogP contribution in [0.25, 0.3) is 0 Å². The van der Waals surface area contributed by atoms with Crippen LogP contribution in [-0.2, 0) is 6.42 Å². The highest BCUT2D eigenvalue weighted by molar-refractivity contribution is 8.03.